The second-order valence-corrected chi connectivity index (χ2v) is 1.60. The van der Waals surface area contributed by atoms with Crippen LogP contribution in [0.2, 0.25) is 0 Å². The van der Waals surface area contributed by atoms with Gasteiger partial charge in [0.1, 0.15) is 0 Å². The highest BCUT2D eigenvalue weighted by atomic mass is 14.9. The number of aliphatic imine (C=N–C) groups is 1. The lowest BCUT2D eigenvalue weighted by Gasteiger charge is -1.89. The number of hydrogen-bond acceptors (Lipinski definition) is 2. The third kappa shape index (κ3) is 5.63. The summed E-state index contributed by atoms with van der Waals surface area (Å²) < 4.78 is 0. The van der Waals surface area contributed by atoms with Crippen molar-refractivity contribution in [2.75, 3.05) is 20.1 Å². The molecule has 0 aliphatic carbocycles. The molecule has 8 heavy (non-hydrogen) atoms. The van der Waals surface area contributed by atoms with Crippen LogP contribution in [-0.4, -0.2) is 26.4 Å². The van der Waals surface area contributed by atoms with Gasteiger partial charge in [-0.1, -0.05) is 6.92 Å². The van der Waals surface area contributed by atoms with E-state index < -0.39 is 0 Å². The molecule has 0 heterocycles. The molecule has 0 bridgehead atoms. The monoisotopic (exact) mass is 114 g/mol. The molecular formula is C6H14N2. The van der Waals surface area contributed by atoms with E-state index in [1.165, 1.54) is 0 Å². The van der Waals surface area contributed by atoms with Crippen molar-refractivity contribution in [1.29, 1.82) is 0 Å². The second kappa shape index (κ2) is 6.63. The summed E-state index contributed by atoms with van der Waals surface area (Å²) in [5.74, 6) is 0. The fraction of sp³-hybridized carbons (Fsp3) is 0.833. The average molecular weight is 114 g/mol. The summed E-state index contributed by atoms with van der Waals surface area (Å²) in [6.07, 6.45) is 2.99. The normalized spacial score (nSPS) is 10.8. The highest BCUT2D eigenvalue weighted by Crippen LogP contribution is 1.68. The molecule has 2 nitrogen and oxygen atoms in total. The van der Waals surface area contributed by atoms with Crippen LogP contribution in [0, 0.1) is 0 Å². The molecule has 0 atom stereocenters. The molecule has 0 aromatic carbocycles. The molecule has 0 aromatic rings. The first-order valence-corrected chi connectivity index (χ1v) is 3.04. The zero-order chi connectivity index (χ0) is 6.24. The molecule has 0 radical (unpaired) electrons. The van der Waals surface area contributed by atoms with Crippen LogP contribution in [0.25, 0.3) is 0 Å². The number of hydrogen-bond donors (Lipinski definition) is 1. The van der Waals surface area contributed by atoms with Crippen LogP contribution in [-0.2, 0) is 0 Å². The quantitative estimate of drug-likeness (QED) is 0.422. The standard InChI is InChI=1S/C6H14N2/c1-3-4-8-6-5-7-2/h4,7H,3,5-6H2,1-2H3. The van der Waals surface area contributed by atoms with Crippen LogP contribution >= 0.6 is 0 Å². The Labute approximate surface area is 51.0 Å². The van der Waals surface area contributed by atoms with E-state index in [0.717, 1.165) is 19.5 Å². The van der Waals surface area contributed by atoms with Crippen molar-refractivity contribution in [3.8, 4) is 0 Å². The molecule has 2 heteroatoms. The summed E-state index contributed by atoms with van der Waals surface area (Å²) in [6.45, 7) is 3.98. The molecule has 0 unspecified atom stereocenters. The number of rotatable bonds is 4. The van der Waals surface area contributed by atoms with E-state index in [2.05, 4.69) is 17.2 Å². The van der Waals surface area contributed by atoms with E-state index in [1.807, 2.05) is 13.3 Å². The van der Waals surface area contributed by atoms with Crippen molar-refractivity contribution < 1.29 is 0 Å². The van der Waals surface area contributed by atoms with Gasteiger partial charge in [-0.2, -0.15) is 0 Å². The second-order valence-electron chi connectivity index (χ2n) is 1.60. The van der Waals surface area contributed by atoms with Crippen molar-refractivity contribution in [2.45, 2.75) is 13.3 Å². The highest BCUT2D eigenvalue weighted by Gasteiger charge is 1.72. The number of nitrogens with zero attached hydrogens (tertiary/aromatic N) is 1. The molecule has 0 aliphatic rings. The molecule has 1 N–H and O–H groups in total. The lowest BCUT2D eigenvalue weighted by molar-refractivity contribution is 0.803. The van der Waals surface area contributed by atoms with Gasteiger partial charge in [-0.3, -0.25) is 4.99 Å². The van der Waals surface area contributed by atoms with E-state index in [9.17, 15) is 0 Å². The van der Waals surface area contributed by atoms with Gasteiger partial charge >= 0.3 is 0 Å². The summed E-state index contributed by atoms with van der Waals surface area (Å²) in [7, 11) is 1.93. The van der Waals surface area contributed by atoms with Gasteiger partial charge in [0.05, 0.1) is 6.54 Å². The summed E-state index contributed by atoms with van der Waals surface area (Å²) in [6, 6.07) is 0. The predicted molar refractivity (Wildman–Crippen MR) is 37.6 cm³/mol. The molecule has 0 fully saturated rings. The summed E-state index contributed by atoms with van der Waals surface area (Å²) >= 11 is 0. The fourth-order valence-corrected chi connectivity index (χ4v) is 0.397. The Morgan fingerprint density at radius 3 is 2.88 bits per heavy atom. The minimum atomic E-state index is 0.907. The predicted octanol–water partition coefficient (Wildman–Crippen LogP) is 0.687. The molecule has 0 saturated carbocycles. The molecular weight excluding hydrogens is 100 g/mol. The van der Waals surface area contributed by atoms with Gasteiger partial charge in [-0.15, -0.1) is 0 Å². The van der Waals surface area contributed by atoms with Gasteiger partial charge in [0, 0.05) is 6.54 Å². The smallest absolute Gasteiger partial charge is 0.0510 e. The Balaban J connectivity index is 2.80. The van der Waals surface area contributed by atoms with Crippen molar-refractivity contribution in [2.24, 2.45) is 4.99 Å². The maximum atomic E-state index is 4.09. The number of likely N-dealkylation sites (N-methyl/N-ethyl adjacent to an activating group) is 1. The summed E-state index contributed by atoms with van der Waals surface area (Å²) in [4.78, 5) is 4.09. The van der Waals surface area contributed by atoms with E-state index in [1.54, 1.807) is 0 Å². The Kier molecular flexibility index (Phi) is 6.32. The molecule has 0 aliphatic heterocycles. The first-order chi connectivity index (χ1) is 3.91. The Morgan fingerprint density at radius 2 is 2.38 bits per heavy atom. The first kappa shape index (κ1) is 7.63. The molecule has 0 rings (SSSR count). The molecule has 0 amide bonds. The highest BCUT2D eigenvalue weighted by molar-refractivity contribution is 5.56. The first-order valence-electron chi connectivity index (χ1n) is 3.04. The Hall–Kier alpha value is -0.370. The van der Waals surface area contributed by atoms with Crippen molar-refractivity contribution >= 4 is 6.21 Å². The maximum absolute atomic E-state index is 4.09. The van der Waals surface area contributed by atoms with Crippen molar-refractivity contribution in [3.63, 3.8) is 0 Å². The van der Waals surface area contributed by atoms with Crippen LogP contribution in [0.1, 0.15) is 13.3 Å². The minimum absolute atomic E-state index is 0.907. The van der Waals surface area contributed by atoms with Gasteiger partial charge in [0.2, 0.25) is 0 Å². The topological polar surface area (TPSA) is 24.4 Å². The van der Waals surface area contributed by atoms with Crippen molar-refractivity contribution in [3.05, 3.63) is 0 Å². The van der Waals surface area contributed by atoms with Crippen LogP contribution in [0.15, 0.2) is 4.99 Å². The third-order valence-corrected chi connectivity index (χ3v) is 0.803. The largest absolute Gasteiger partial charge is 0.318 e. The van der Waals surface area contributed by atoms with Crippen LogP contribution < -0.4 is 5.32 Å². The van der Waals surface area contributed by atoms with Crippen LogP contribution in [0.4, 0.5) is 0 Å². The van der Waals surface area contributed by atoms with Crippen molar-refractivity contribution in [1.82, 2.24) is 5.32 Å². The van der Waals surface area contributed by atoms with Gasteiger partial charge in [-0.05, 0) is 19.7 Å². The fourth-order valence-electron chi connectivity index (χ4n) is 0.397. The van der Waals surface area contributed by atoms with E-state index >= 15 is 0 Å². The van der Waals surface area contributed by atoms with Gasteiger partial charge in [-0.25, -0.2) is 0 Å². The third-order valence-electron chi connectivity index (χ3n) is 0.803. The van der Waals surface area contributed by atoms with E-state index in [4.69, 9.17) is 0 Å². The molecule has 48 valence electrons. The van der Waals surface area contributed by atoms with Gasteiger partial charge < -0.3 is 5.32 Å². The SMILES string of the molecule is CCC=NCCNC. The van der Waals surface area contributed by atoms with Crippen LogP contribution in [0.5, 0.6) is 0 Å². The maximum Gasteiger partial charge on any atom is 0.0510 e. The molecule has 0 aromatic heterocycles. The van der Waals surface area contributed by atoms with Crippen LogP contribution in [0.3, 0.4) is 0 Å². The lowest BCUT2D eigenvalue weighted by atomic mass is 10.5. The average Bonchev–Trinajstić information content (AvgIpc) is 1.81. The Bertz CT molecular complexity index is 59.5. The van der Waals surface area contributed by atoms with Gasteiger partial charge in [0.25, 0.3) is 0 Å². The summed E-state index contributed by atoms with van der Waals surface area (Å²) in [5, 5.41) is 3.01. The lowest BCUT2D eigenvalue weighted by Crippen LogP contribution is -2.10. The van der Waals surface area contributed by atoms with E-state index in [0.29, 0.717) is 0 Å². The zero-order valence-electron chi connectivity index (χ0n) is 5.65. The number of nitrogens with one attached hydrogen (secondary N) is 1. The zero-order valence-corrected chi connectivity index (χ0v) is 5.65. The summed E-state index contributed by atoms with van der Waals surface area (Å²) in [5.41, 5.74) is 0. The molecule has 0 saturated heterocycles. The molecule has 0 spiro atoms. The van der Waals surface area contributed by atoms with Gasteiger partial charge in [0.15, 0.2) is 0 Å². The van der Waals surface area contributed by atoms with E-state index in [-0.39, 0.29) is 0 Å². The minimum Gasteiger partial charge on any atom is -0.318 e. The Morgan fingerprint density at radius 1 is 1.62 bits per heavy atom.